The van der Waals surface area contributed by atoms with E-state index in [-0.39, 0.29) is 0 Å². The summed E-state index contributed by atoms with van der Waals surface area (Å²) in [5.74, 6) is 1.70. The fourth-order valence-electron chi connectivity index (χ4n) is 1.86. The molecule has 72 valence electrons. The van der Waals surface area contributed by atoms with Gasteiger partial charge < -0.3 is 9.72 Å². The average molecular weight is 187 g/mol. The molecule has 2 aromatic rings. The van der Waals surface area contributed by atoms with Crippen molar-refractivity contribution in [1.82, 2.24) is 9.38 Å². The summed E-state index contributed by atoms with van der Waals surface area (Å²) in [7, 11) is 1.90. The van der Waals surface area contributed by atoms with Crippen molar-refractivity contribution in [2.75, 3.05) is 12.4 Å². The lowest BCUT2D eigenvalue weighted by atomic mass is 10.2. The molecule has 3 rings (SSSR count). The first-order chi connectivity index (χ1) is 6.88. The van der Waals surface area contributed by atoms with Crippen LogP contribution in [0, 0.1) is 0 Å². The molecule has 1 N–H and O–H groups in total. The van der Waals surface area contributed by atoms with Crippen LogP contribution >= 0.6 is 0 Å². The van der Waals surface area contributed by atoms with E-state index in [1.54, 1.807) is 0 Å². The first kappa shape index (κ1) is 7.85. The van der Waals surface area contributed by atoms with E-state index in [2.05, 4.69) is 33.0 Å². The van der Waals surface area contributed by atoms with Gasteiger partial charge in [0.25, 0.3) is 0 Å². The molecule has 2 heterocycles. The Morgan fingerprint density at radius 2 is 2.29 bits per heavy atom. The topological polar surface area (TPSA) is 29.3 Å². The van der Waals surface area contributed by atoms with Gasteiger partial charge in [-0.05, 0) is 30.9 Å². The zero-order chi connectivity index (χ0) is 9.54. The summed E-state index contributed by atoms with van der Waals surface area (Å²) >= 11 is 0. The Bertz CT molecular complexity index is 468. The molecule has 0 unspecified atom stereocenters. The van der Waals surface area contributed by atoms with Crippen LogP contribution in [0.25, 0.3) is 5.65 Å². The van der Waals surface area contributed by atoms with Gasteiger partial charge in [0.05, 0.1) is 6.20 Å². The Hall–Kier alpha value is -1.51. The van der Waals surface area contributed by atoms with Crippen molar-refractivity contribution in [2.45, 2.75) is 18.8 Å². The van der Waals surface area contributed by atoms with Crippen LogP contribution in [0.15, 0.2) is 24.4 Å². The monoisotopic (exact) mass is 187 g/mol. The molecule has 0 amide bonds. The van der Waals surface area contributed by atoms with Crippen LogP contribution in [0.2, 0.25) is 0 Å². The van der Waals surface area contributed by atoms with Crippen LogP contribution in [0.5, 0.6) is 0 Å². The highest BCUT2D eigenvalue weighted by atomic mass is 15.1. The maximum absolute atomic E-state index is 4.45. The summed E-state index contributed by atoms with van der Waals surface area (Å²) in [4.78, 5) is 4.45. The second-order valence-corrected chi connectivity index (χ2v) is 3.83. The van der Waals surface area contributed by atoms with Gasteiger partial charge in [-0.1, -0.05) is 6.07 Å². The predicted octanol–water partition coefficient (Wildman–Crippen LogP) is 2.25. The number of rotatable bonds is 2. The molecular weight excluding hydrogens is 174 g/mol. The third-order valence-corrected chi connectivity index (χ3v) is 2.78. The van der Waals surface area contributed by atoms with Gasteiger partial charge in [-0.25, -0.2) is 4.98 Å². The summed E-state index contributed by atoms with van der Waals surface area (Å²) in [5, 5.41) is 3.07. The van der Waals surface area contributed by atoms with E-state index in [0.717, 1.165) is 17.4 Å². The molecule has 0 aliphatic heterocycles. The van der Waals surface area contributed by atoms with Gasteiger partial charge in [0.1, 0.15) is 11.5 Å². The lowest BCUT2D eigenvalue weighted by Gasteiger charge is -2.01. The van der Waals surface area contributed by atoms with Gasteiger partial charge in [0, 0.05) is 12.7 Å². The first-order valence-corrected chi connectivity index (χ1v) is 5.04. The van der Waals surface area contributed by atoms with E-state index in [1.165, 1.54) is 18.5 Å². The molecule has 14 heavy (non-hydrogen) atoms. The van der Waals surface area contributed by atoms with Crippen molar-refractivity contribution in [3.63, 3.8) is 0 Å². The van der Waals surface area contributed by atoms with Crippen LogP contribution in [0.4, 0.5) is 5.82 Å². The molecule has 0 bridgehead atoms. The lowest BCUT2D eigenvalue weighted by Crippen LogP contribution is -1.92. The number of aromatic nitrogens is 2. The maximum Gasteiger partial charge on any atom is 0.145 e. The Kier molecular flexibility index (Phi) is 1.54. The van der Waals surface area contributed by atoms with Crippen LogP contribution in [-0.4, -0.2) is 16.4 Å². The van der Waals surface area contributed by atoms with Crippen molar-refractivity contribution in [2.24, 2.45) is 0 Å². The third kappa shape index (κ3) is 1.09. The van der Waals surface area contributed by atoms with Crippen LogP contribution in [-0.2, 0) is 0 Å². The fraction of sp³-hybridized carbons (Fsp3) is 0.364. The van der Waals surface area contributed by atoms with E-state index >= 15 is 0 Å². The number of nitrogens with one attached hydrogen (secondary N) is 1. The second kappa shape index (κ2) is 2.74. The molecule has 3 nitrogen and oxygen atoms in total. The maximum atomic E-state index is 4.45. The minimum absolute atomic E-state index is 0.762. The molecular formula is C11H13N3. The molecule has 1 aliphatic carbocycles. The lowest BCUT2D eigenvalue weighted by molar-refractivity contribution is 0.968. The summed E-state index contributed by atoms with van der Waals surface area (Å²) in [6.07, 6.45) is 4.72. The summed E-state index contributed by atoms with van der Waals surface area (Å²) in [6, 6.07) is 6.34. The molecule has 0 aromatic carbocycles. The summed E-state index contributed by atoms with van der Waals surface area (Å²) in [5.41, 5.74) is 2.44. The summed E-state index contributed by atoms with van der Waals surface area (Å²) in [6.45, 7) is 0. The smallest absolute Gasteiger partial charge is 0.145 e. The first-order valence-electron chi connectivity index (χ1n) is 5.04. The Balaban J connectivity index is 2.23. The van der Waals surface area contributed by atoms with Crippen LogP contribution in [0.3, 0.4) is 0 Å². The minimum Gasteiger partial charge on any atom is -0.372 e. The van der Waals surface area contributed by atoms with Gasteiger partial charge in [0.15, 0.2) is 0 Å². The number of fused-ring (bicyclic) bond motifs is 1. The molecule has 1 aliphatic rings. The minimum atomic E-state index is 0.762. The van der Waals surface area contributed by atoms with Crippen molar-refractivity contribution in [1.29, 1.82) is 0 Å². The molecule has 0 atom stereocenters. The van der Waals surface area contributed by atoms with Crippen molar-refractivity contribution < 1.29 is 0 Å². The van der Waals surface area contributed by atoms with Gasteiger partial charge >= 0.3 is 0 Å². The number of pyridine rings is 1. The second-order valence-electron chi connectivity index (χ2n) is 3.83. The van der Waals surface area contributed by atoms with Gasteiger partial charge in [-0.3, -0.25) is 0 Å². The van der Waals surface area contributed by atoms with Crippen molar-refractivity contribution in [3.05, 3.63) is 30.1 Å². The zero-order valence-electron chi connectivity index (χ0n) is 8.20. The molecule has 1 saturated carbocycles. The van der Waals surface area contributed by atoms with E-state index in [9.17, 15) is 0 Å². The van der Waals surface area contributed by atoms with Crippen LogP contribution in [0.1, 0.15) is 24.5 Å². The van der Waals surface area contributed by atoms with E-state index < -0.39 is 0 Å². The third-order valence-electron chi connectivity index (χ3n) is 2.78. The number of hydrogen-bond acceptors (Lipinski definition) is 2. The summed E-state index contributed by atoms with van der Waals surface area (Å²) < 4.78 is 2.20. The average Bonchev–Trinajstić information content (AvgIpc) is 2.96. The Labute approximate surface area is 82.8 Å². The predicted molar refractivity (Wildman–Crippen MR) is 56.7 cm³/mol. The molecule has 0 radical (unpaired) electrons. The van der Waals surface area contributed by atoms with E-state index in [1.807, 2.05) is 13.1 Å². The number of nitrogens with zero attached hydrogens (tertiary/aromatic N) is 2. The number of imidazole rings is 1. The van der Waals surface area contributed by atoms with E-state index in [4.69, 9.17) is 0 Å². The number of hydrogen-bond donors (Lipinski definition) is 1. The van der Waals surface area contributed by atoms with E-state index in [0.29, 0.717) is 0 Å². The Morgan fingerprint density at radius 1 is 1.43 bits per heavy atom. The molecule has 3 heteroatoms. The molecule has 1 fully saturated rings. The largest absolute Gasteiger partial charge is 0.372 e. The highest BCUT2D eigenvalue weighted by Gasteiger charge is 2.25. The molecule has 0 spiro atoms. The van der Waals surface area contributed by atoms with Crippen LogP contribution < -0.4 is 5.32 Å². The molecule has 0 saturated heterocycles. The standard InChI is InChI=1S/C11H13N3/c1-12-10-7-14-9(8-5-6-8)3-2-4-11(14)13-10/h2-4,7-8,12H,5-6H2,1H3. The highest BCUT2D eigenvalue weighted by Crippen LogP contribution is 2.40. The molecule has 2 aromatic heterocycles. The van der Waals surface area contributed by atoms with Crippen molar-refractivity contribution in [3.8, 4) is 0 Å². The fourth-order valence-corrected chi connectivity index (χ4v) is 1.86. The van der Waals surface area contributed by atoms with Gasteiger partial charge in [-0.15, -0.1) is 0 Å². The quantitative estimate of drug-likeness (QED) is 0.781. The zero-order valence-corrected chi connectivity index (χ0v) is 8.20. The normalized spacial score (nSPS) is 16.1. The highest BCUT2D eigenvalue weighted by molar-refractivity contribution is 5.50. The Morgan fingerprint density at radius 3 is 3.00 bits per heavy atom. The van der Waals surface area contributed by atoms with Gasteiger partial charge in [0.2, 0.25) is 0 Å². The number of anilines is 1. The SMILES string of the molecule is CNc1cn2c(C3CC3)cccc2n1. The van der Waals surface area contributed by atoms with Gasteiger partial charge in [-0.2, -0.15) is 0 Å². The van der Waals surface area contributed by atoms with Crippen molar-refractivity contribution >= 4 is 11.5 Å².